The molecule has 3 rings (SSSR count). The molecule has 2 heterocycles. The summed E-state index contributed by atoms with van der Waals surface area (Å²) in [6, 6.07) is 4.67. The number of nitrogens with zero attached hydrogens (tertiary/aromatic N) is 3. The van der Waals surface area contributed by atoms with E-state index in [0.717, 1.165) is 16.7 Å². The number of anilines is 1. The van der Waals surface area contributed by atoms with Crippen molar-refractivity contribution in [3.05, 3.63) is 52.3 Å². The zero-order chi connectivity index (χ0) is 21.6. The van der Waals surface area contributed by atoms with Crippen LogP contribution in [0.15, 0.2) is 35.1 Å². The molecule has 0 spiro atoms. The summed E-state index contributed by atoms with van der Waals surface area (Å²) >= 11 is 0. The Balaban J connectivity index is 0.00000145. The molecular formula is C19H22F2N4O4. The van der Waals surface area contributed by atoms with Gasteiger partial charge in [-0.2, -0.15) is 9.97 Å². The van der Waals surface area contributed by atoms with Gasteiger partial charge in [-0.25, -0.2) is 8.78 Å². The van der Waals surface area contributed by atoms with Gasteiger partial charge in [0.15, 0.2) is 5.65 Å². The third-order valence-corrected chi connectivity index (χ3v) is 3.83. The maximum Gasteiger partial charge on any atom is 0.256 e. The number of rotatable bonds is 6. The van der Waals surface area contributed by atoms with Gasteiger partial charge in [-0.1, -0.05) is 13.8 Å². The van der Waals surface area contributed by atoms with Crippen LogP contribution in [0.2, 0.25) is 0 Å². The van der Waals surface area contributed by atoms with Crippen molar-refractivity contribution in [3.63, 3.8) is 0 Å². The van der Waals surface area contributed by atoms with Crippen molar-refractivity contribution < 1.29 is 23.7 Å². The summed E-state index contributed by atoms with van der Waals surface area (Å²) in [6.45, 7) is 3.21. The second kappa shape index (κ2) is 9.89. The maximum atomic E-state index is 14.3. The molecule has 0 aliphatic carbocycles. The smallest absolute Gasteiger partial charge is 0.256 e. The number of ether oxygens (including phenoxy) is 1. The summed E-state index contributed by atoms with van der Waals surface area (Å²) in [7, 11) is 1.36. The Hall–Kier alpha value is -3.11. The highest BCUT2D eigenvalue weighted by molar-refractivity contribution is 5.83. The lowest BCUT2D eigenvalue weighted by atomic mass is 10.2. The Morgan fingerprint density at radius 2 is 1.83 bits per heavy atom. The van der Waals surface area contributed by atoms with Crippen LogP contribution in [0.5, 0.6) is 5.88 Å². The van der Waals surface area contributed by atoms with Gasteiger partial charge in [0, 0.05) is 12.1 Å². The molecule has 0 aliphatic rings. The Morgan fingerprint density at radius 1 is 1.14 bits per heavy atom. The minimum atomic E-state index is -0.944. The van der Waals surface area contributed by atoms with E-state index in [1.807, 2.05) is 13.8 Å². The average molecular weight is 408 g/mol. The predicted molar refractivity (Wildman–Crippen MR) is 105 cm³/mol. The standard InChI is InChI=1S/C17H16F2N4O4.C2H6/c1-27-16-11-3-5-14(26)23(13-4-2-9(18)6-12(13)19)15(11)21-17(22-16)20-10(7-24)8-25;1-2/h2-6,10,24-25H,7-8H2,1H3,(H,20,21,22);1-2H3. The van der Waals surface area contributed by atoms with Gasteiger partial charge in [-0.05, 0) is 18.2 Å². The molecule has 0 bridgehead atoms. The van der Waals surface area contributed by atoms with Gasteiger partial charge in [-0.3, -0.25) is 9.36 Å². The number of hydrogen-bond donors (Lipinski definition) is 3. The molecule has 0 unspecified atom stereocenters. The van der Waals surface area contributed by atoms with E-state index in [1.54, 1.807) is 0 Å². The van der Waals surface area contributed by atoms with Gasteiger partial charge in [-0.15, -0.1) is 0 Å². The van der Waals surface area contributed by atoms with Crippen molar-refractivity contribution in [1.29, 1.82) is 0 Å². The third-order valence-electron chi connectivity index (χ3n) is 3.83. The zero-order valence-corrected chi connectivity index (χ0v) is 16.2. The molecule has 0 atom stereocenters. The second-order valence-corrected chi connectivity index (χ2v) is 5.60. The zero-order valence-electron chi connectivity index (χ0n) is 16.2. The van der Waals surface area contributed by atoms with Crippen LogP contribution in [-0.2, 0) is 0 Å². The van der Waals surface area contributed by atoms with Crippen molar-refractivity contribution in [2.24, 2.45) is 0 Å². The van der Waals surface area contributed by atoms with Crippen LogP contribution in [0.3, 0.4) is 0 Å². The number of aliphatic hydroxyl groups is 2. The summed E-state index contributed by atoms with van der Waals surface area (Å²) in [6.07, 6.45) is 0. The molecule has 0 amide bonds. The van der Waals surface area contributed by atoms with Crippen molar-refractivity contribution in [3.8, 4) is 11.6 Å². The summed E-state index contributed by atoms with van der Waals surface area (Å²) < 4.78 is 33.7. The Bertz CT molecular complexity index is 1040. The third kappa shape index (κ3) is 4.66. The number of methoxy groups -OCH3 is 1. The van der Waals surface area contributed by atoms with Crippen LogP contribution in [0.4, 0.5) is 14.7 Å². The van der Waals surface area contributed by atoms with E-state index in [-0.39, 0.29) is 23.2 Å². The van der Waals surface area contributed by atoms with Crippen molar-refractivity contribution in [2.45, 2.75) is 19.9 Å². The lowest BCUT2D eigenvalue weighted by Gasteiger charge is -2.16. The second-order valence-electron chi connectivity index (χ2n) is 5.60. The Labute approximate surface area is 165 Å². The maximum absolute atomic E-state index is 14.3. The van der Waals surface area contributed by atoms with E-state index in [1.165, 1.54) is 19.2 Å². The van der Waals surface area contributed by atoms with Crippen LogP contribution >= 0.6 is 0 Å². The van der Waals surface area contributed by atoms with Crippen LogP contribution in [-0.4, -0.2) is 51.1 Å². The number of hydrogen-bond acceptors (Lipinski definition) is 7. The molecule has 0 saturated carbocycles. The summed E-state index contributed by atoms with van der Waals surface area (Å²) in [5.41, 5.74) is -0.780. The van der Waals surface area contributed by atoms with E-state index in [0.29, 0.717) is 11.5 Å². The average Bonchev–Trinajstić information content (AvgIpc) is 2.73. The number of aliphatic hydroxyl groups excluding tert-OH is 2. The summed E-state index contributed by atoms with van der Waals surface area (Å²) in [5, 5.41) is 21.4. The summed E-state index contributed by atoms with van der Waals surface area (Å²) in [4.78, 5) is 20.7. The van der Waals surface area contributed by atoms with Crippen molar-refractivity contribution in [2.75, 3.05) is 25.6 Å². The van der Waals surface area contributed by atoms with Crippen molar-refractivity contribution >= 4 is 17.0 Å². The monoisotopic (exact) mass is 408 g/mol. The van der Waals surface area contributed by atoms with Crippen molar-refractivity contribution in [1.82, 2.24) is 14.5 Å². The lowest BCUT2D eigenvalue weighted by molar-refractivity contribution is 0.203. The van der Waals surface area contributed by atoms with E-state index < -0.39 is 36.4 Å². The molecule has 0 saturated heterocycles. The lowest BCUT2D eigenvalue weighted by Crippen LogP contribution is -2.29. The van der Waals surface area contributed by atoms with Gasteiger partial charge < -0.3 is 20.3 Å². The molecule has 3 aromatic rings. The summed E-state index contributed by atoms with van der Waals surface area (Å²) in [5.74, 6) is -1.68. The number of pyridine rings is 1. The van der Waals surface area contributed by atoms with Gasteiger partial charge in [0.2, 0.25) is 11.8 Å². The number of nitrogens with one attached hydrogen (secondary N) is 1. The van der Waals surface area contributed by atoms with Crippen LogP contribution < -0.4 is 15.6 Å². The molecule has 3 N–H and O–H groups in total. The highest BCUT2D eigenvalue weighted by atomic mass is 19.1. The number of benzene rings is 1. The predicted octanol–water partition coefficient (Wildman–Crippen LogP) is 1.86. The van der Waals surface area contributed by atoms with E-state index in [2.05, 4.69) is 15.3 Å². The van der Waals surface area contributed by atoms with Crippen LogP contribution in [0.25, 0.3) is 16.7 Å². The van der Waals surface area contributed by atoms with Crippen LogP contribution in [0.1, 0.15) is 13.8 Å². The Morgan fingerprint density at radius 3 is 2.41 bits per heavy atom. The normalized spacial score (nSPS) is 10.6. The molecule has 0 fully saturated rings. The Kier molecular flexibility index (Phi) is 7.57. The topological polar surface area (TPSA) is 110 Å². The molecule has 0 radical (unpaired) electrons. The first kappa shape index (κ1) is 22.2. The fourth-order valence-electron chi connectivity index (χ4n) is 2.53. The van der Waals surface area contributed by atoms with E-state index >= 15 is 0 Å². The fraction of sp³-hybridized carbons (Fsp3) is 0.316. The van der Waals surface area contributed by atoms with Gasteiger partial charge in [0.1, 0.15) is 11.6 Å². The highest BCUT2D eigenvalue weighted by Crippen LogP contribution is 2.25. The van der Waals surface area contributed by atoms with Gasteiger partial charge in [0.05, 0.1) is 37.4 Å². The number of aromatic nitrogens is 3. The van der Waals surface area contributed by atoms with E-state index in [9.17, 15) is 23.8 Å². The quantitative estimate of drug-likeness (QED) is 0.571. The molecule has 10 heteroatoms. The molecule has 8 nitrogen and oxygen atoms in total. The SMILES string of the molecule is CC.COc1nc(NC(CO)CO)nc2c1ccc(=O)n2-c1ccc(F)cc1F. The van der Waals surface area contributed by atoms with Gasteiger partial charge >= 0.3 is 0 Å². The first-order chi connectivity index (χ1) is 14.0. The molecule has 0 aliphatic heterocycles. The largest absolute Gasteiger partial charge is 0.480 e. The van der Waals surface area contributed by atoms with Crippen LogP contribution in [0, 0.1) is 11.6 Å². The molecule has 1 aromatic carbocycles. The number of fused-ring (bicyclic) bond motifs is 1. The first-order valence-corrected chi connectivity index (χ1v) is 8.90. The molecular weight excluding hydrogens is 386 g/mol. The minimum absolute atomic E-state index is 0.0111. The highest BCUT2D eigenvalue weighted by Gasteiger charge is 2.18. The molecule has 29 heavy (non-hydrogen) atoms. The fourth-order valence-corrected chi connectivity index (χ4v) is 2.53. The minimum Gasteiger partial charge on any atom is -0.480 e. The molecule has 2 aromatic heterocycles. The number of halogens is 2. The van der Waals surface area contributed by atoms with Gasteiger partial charge in [0.25, 0.3) is 5.56 Å². The molecule has 156 valence electrons. The van der Waals surface area contributed by atoms with E-state index in [4.69, 9.17) is 4.74 Å². The first-order valence-electron chi connectivity index (χ1n) is 8.90.